The minimum atomic E-state index is -0.119. The summed E-state index contributed by atoms with van der Waals surface area (Å²) in [4.78, 5) is 16.1. The summed E-state index contributed by atoms with van der Waals surface area (Å²) in [5.41, 5.74) is 1.64. The van der Waals surface area contributed by atoms with Crippen molar-refractivity contribution in [2.24, 2.45) is 0 Å². The maximum absolute atomic E-state index is 12.6. The molecule has 2 rings (SSSR count). The number of carbonyl (C=O) groups is 1. The van der Waals surface area contributed by atoms with Gasteiger partial charge in [0.25, 0.3) is 5.24 Å². The van der Waals surface area contributed by atoms with Crippen molar-refractivity contribution in [1.82, 2.24) is 4.90 Å². The largest absolute Gasteiger partial charge is 0.363 e. The van der Waals surface area contributed by atoms with E-state index < -0.39 is 0 Å². The van der Waals surface area contributed by atoms with E-state index in [1.807, 2.05) is 74.8 Å². The van der Waals surface area contributed by atoms with E-state index in [1.165, 1.54) is 0 Å². The predicted molar refractivity (Wildman–Crippen MR) is 94.3 cm³/mol. The van der Waals surface area contributed by atoms with Crippen LogP contribution in [0.1, 0.15) is 0 Å². The van der Waals surface area contributed by atoms with Crippen LogP contribution in [-0.2, 0) is 0 Å². The van der Waals surface area contributed by atoms with E-state index in [9.17, 15) is 4.79 Å². The van der Waals surface area contributed by atoms with Crippen LogP contribution >= 0.6 is 24.0 Å². The molecule has 0 spiro atoms. The molecule has 0 unspecified atom stereocenters. The molecule has 0 fully saturated rings. The molecule has 0 N–H and O–H groups in total. The van der Waals surface area contributed by atoms with E-state index >= 15 is 0 Å². The van der Waals surface area contributed by atoms with Crippen LogP contribution in [0.5, 0.6) is 0 Å². The fourth-order valence-corrected chi connectivity index (χ4v) is 2.57. The Kier molecular flexibility index (Phi) is 5.36. The Morgan fingerprint density at radius 2 is 1.33 bits per heavy atom. The predicted octanol–water partition coefficient (Wildman–Crippen LogP) is 4.52. The summed E-state index contributed by atoms with van der Waals surface area (Å²) in [6.07, 6.45) is 0. The maximum Gasteiger partial charge on any atom is 0.297 e. The highest BCUT2D eigenvalue weighted by Gasteiger charge is 2.20. The van der Waals surface area contributed by atoms with Crippen molar-refractivity contribution in [2.45, 2.75) is 0 Å². The van der Waals surface area contributed by atoms with Gasteiger partial charge in [-0.05, 0) is 24.3 Å². The molecule has 1 amide bonds. The number of para-hydroxylation sites is 2. The van der Waals surface area contributed by atoms with Gasteiger partial charge in [-0.15, -0.1) is 0 Å². The lowest BCUT2D eigenvalue weighted by Crippen LogP contribution is -2.26. The third-order valence-electron chi connectivity index (χ3n) is 2.75. The molecular formula is C16H16N2OS2. The Hall–Kier alpha value is -1.85. The number of thioether (sulfide) groups is 1. The highest BCUT2D eigenvalue weighted by Crippen LogP contribution is 2.29. The molecule has 2 aromatic carbocycles. The second-order valence-electron chi connectivity index (χ2n) is 4.53. The molecule has 0 saturated carbocycles. The van der Waals surface area contributed by atoms with Gasteiger partial charge in [0.05, 0.1) is 0 Å². The van der Waals surface area contributed by atoms with Crippen LogP contribution in [0.4, 0.5) is 16.2 Å². The van der Waals surface area contributed by atoms with Gasteiger partial charge in [-0.2, -0.15) is 0 Å². The fourth-order valence-electron chi connectivity index (χ4n) is 1.73. The minimum absolute atomic E-state index is 0.119. The van der Waals surface area contributed by atoms with Crippen LogP contribution in [0, 0.1) is 0 Å². The van der Waals surface area contributed by atoms with Gasteiger partial charge in [-0.3, -0.25) is 9.69 Å². The maximum atomic E-state index is 12.6. The summed E-state index contributed by atoms with van der Waals surface area (Å²) < 4.78 is 0.539. The first kappa shape index (κ1) is 15.5. The zero-order chi connectivity index (χ0) is 15.2. The summed E-state index contributed by atoms with van der Waals surface area (Å²) >= 11 is 6.26. The lowest BCUT2D eigenvalue weighted by molar-refractivity contribution is 0.267. The Labute approximate surface area is 134 Å². The van der Waals surface area contributed by atoms with Crippen LogP contribution in [0.2, 0.25) is 0 Å². The van der Waals surface area contributed by atoms with E-state index in [1.54, 1.807) is 9.80 Å². The topological polar surface area (TPSA) is 23.6 Å². The van der Waals surface area contributed by atoms with Crippen molar-refractivity contribution in [3.05, 3.63) is 60.7 Å². The Morgan fingerprint density at radius 3 is 1.71 bits per heavy atom. The number of rotatable bonds is 2. The molecular weight excluding hydrogens is 300 g/mol. The number of thiocarbonyl (C=S) groups is 1. The lowest BCUT2D eigenvalue weighted by atomic mass is 10.2. The average Bonchev–Trinajstić information content (AvgIpc) is 2.49. The molecule has 5 heteroatoms. The number of carbonyl (C=O) groups excluding carboxylic acids is 1. The summed E-state index contributed by atoms with van der Waals surface area (Å²) in [6, 6.07) is 19.1. The van der Waals surface area contributed by atoms with Gasteiger partial charge in [0.2, 0.25) is 0 Å². The van der Waals surface area contributed by atoms with Gasteiger partial charge < -0.3 is 4.90 Å². The molecule has 0 aliphatic rings. The molecule has 0 atom stereocenters. The molecule has 2 aromatic rings. The summed E-state index contributed by atoms with van der Waals surface area (Å²) in [5.74, 6) is 0. The molecule has 0 saturated heterocycles. The van der Waals surface area contributed by atoms with Crippen molar-refractivity contribution < 1.29 is 4.79 Å². The zero-order valence-electron chi connectivity index (χ0n) is 11.9. The quantitative estimate of drug-likeness (QED) is 0.760. The van der Waals surface area contributed by atoms with Crippen LogP contribution in [0.25, 0.3) is 0 Å². The smallest absolute Gasteiger partial charge is 0.297 e. The summed E-state index contributed by atoms with van der Waals surface area (Å²) in [7, 11) is 3.66. The number of benzene rings is 2. The van der Waals surface area contributed by atoms with Crippen LogP contribution < -0.4 is 4.90 Å². The SMILES string of the molecule is CN(C)C(=S)SC(=O)N(c1ccccc1)c1ccccc1. The normalized spacial score (nSPS) is 10.0. The third-order valence-corrected chi connectivity index (χ3v) is 4.26. The van der Waals surface area contributed by atoms with Crippen LogP contribution in [0.15, 0.2) is 60.7 Å². The van der Waals surface area contributed by atoms with E-state index in [2.05, 4.69) is 0 Å². The van der Waals surface area contributed by atoms with E-state index in [0.29, 0.717) is 4.32 Å². The van der Waals surface area contributed by atoms with Gasteiger partial charge >= 0.3 is 0 Å². The fraction of sp³-hybridized carbons (Fsp3) is 0.125. The van der Waals surface area contributed by atoms with Crippen molar-refractivity contribution in [2.75, 3.05) is 19.0 Å². The molecule has 0 bridgehead atoms. The third kappa shape index (κ3) is 4.06. The standard InChI is InChI=1S/C16H16N2OS2/c1-17(2)16(20)21-15(19)18(13-9-5-3-6-10-13)14-11-7-4-8-12-14/h3-12H,1-2H3. The molecule has 0 heterocycles. The summed E-state index contributed by atoms with van der Waals surface area (Å²) in [6.45, 7) is 0. The molecule has 0 aromatic heterocycles. The first-order valence-electron chi connectivity index (χ1n) is 6.43. The van der Waals surface area contributed by atoms with E-state index in [0.717, 1.165) is 23.1 Å². The minimum Gasteiger partial charge on any atom is -0.363 e. The monoisotopic (exact) mass is 316 g/mol. The van der Waals surface area contributed by atoms with Crippen LogP contribution in [-0.4, -0.2) is 28.6 Å². The Bertz CT molecular complexity index is 575. The van der Waals surface area contributed by atoms with Gasteiger partial charge in [0, 0.05) is 37.2 Å². The summed E-state index contributed by atoms with van der Waals surface area (Å²) in [5, 5.41) is -0.119. The van der Waals surface area contributed by atoms with Crippen LogP contribution in [0.3, 0.4) is 0 Å². The highest BCUT2D eigenvalue weighted by atomic mass is 32.2. The van der Waals surface area contributed by atoms with Crippen molar-refractivity contribution in [3.8, 4) is 0 Å². The molecule has 21 heavy (non-hydrogen) atoms. The van der Waals surface area contributed by atoms with Gasteiger partial charge in [-0.25, -0.2) is 0 Å². The molecule has 0 aliphatic carbocycles. The van der Waals surface area contributed by atoms with Crippen molar-refractivity contribution >= 4 is 44.9 Å². The molecule has 108 valence electrons. The number of hydrogen-bond donors (Lipinski definition) is 0. The van der Waals surface area contributed by atoms with Gasteiger partial charge in [0.1, 0.15) is 4.32 Å². The second-order valence-corrected chi connectivity index (χ2v) is 6.12. The highest BCUT2D eigenvalue weighted by molar-refractivity contribution is 8.32. The van der Waals surface area contributed by atoms with Gasteiger partial charge in [-0.1, -0.05) is 48.6 Å². The number of nitrogens with zero attached hydrogens (tertiary/aromatic N) is 2. The molecule has 0 aliphatic heterocycles. The lowest BCUT2D eigenvalue weighted by Gasteiger charge is -2.23. The number of amides is 1. The van der Waals surface area contributed by atoms with Crippen molar-refractivity contribution in [3.63, 3.8) is 0 Å². The Morgan fingerprint density at radius 1 is 0.905 bits per heavy atom. The van der Waals surface area contributed by atoms with E-state index in [4.69, 9.17) is 12.2 Å². The first-order chi connectivity index (χ1) is 10.1. The Balaban J connectivity index is 2.33. The van der Waals surface area contributed by atoms with E-state index in [-0.39, 0.29) is 5.24 Å². The first-order valence-corrected chi connectivity index (χ1v) is 7.65. The molecule has 0 radical (unpaired) electrons. The molecule has 3 nitrogen and oxygen atoms in total. The van der Waals surface area contributed by atoms with Crippen molar-refractivity contribution in [1.29, 1.82) is 0 Å². The average molecular weight is 316 g/mol. The van der Waals surface area contributed by atoms with Gasteiger partial charge in [0.15, 0.2) is 0 Å². The second kappa shape index (κ2) is 7.24. The number of anilines is 2. The number of hydrogen-bond acceptors (Lipinski definition) is 3. The zero-order valence-corrected chi connectivity index (χ0v) is 13.5.